The number of hydrogen-bond acceptors (Lipinski definition) is 2. The summed E-state index contributed by atoms with van der Waals surface area (Å²) in [5.74, 6) is 0.932. The Labute approximate surface area is 83.4 Å². The molecule has 13 heavy (non-hydrogen) atoms. The molecule has 3 rings (SSSR count). The van der Waals surface area contributed by atoms with E-state index in [4.69, 9.17) is 4.74 Å². The van der Waals surface area contributed by atoms with Crippen LogP contribution in [0.15, 0.2) is 22.8 Å². The summed E-state index contributed by atoms with van der Waals surface area (Å²) in [4.78, 5) is 0. The molecule has 0 saturated carbocycles. The zero-order valence-electron chi connectivity index (χ0n) is 6.83. The summed E-state index contributed by atoms with van der Waals surface area (Å²) in [5.41, 5.74) is 1.10. The van der Waals surface area contributed by atoms with Crippen LogP contribution in [-0.4, -0.2) is 16.4 Å². The van der Waals surface area contributed by atoms with E-state index < -0.39 is 0 Å². The first-order chi connectivity index (χ1) is 6.36. The summed E-state index contributed by atoms with van der Waals surface area (Å²) in [6.07, 6.45) is 1.87. The quantitative estimate of drug-likeness (QED) is 0.704. The van der Waals surface area contributed by atoms with Gasteiger partial charge in [-0.25, -0.2) is 0 Å². The van der Waals surface area contributed by atoms with Crippen molar-refractivity contribution in [1.82, 2.24) is 9.78 Å². The normalized spacial score (nSPS) is 14.5. The minimum absolute atomic E-state index is 0.714. The molecule has 66 valence electrons. The second kappa shape index (κ2) is 2.48. The fraction of sp³-hybridized carbons (Fsp3) is 0.222. The van der Waals surface area contributed by atoms with Crippen LogP contribution in [-0.2, 0) is 6.54 Å². The standard InChI is InChI=1S/C9H7BrN2O/c10-7-1-2-8-9-6(7)5-11-12(9)3-4-13-8/h1-2,5H,3-4H2. The molecule has 0 bridgehead atoms. The predicted octanol–water partition coefficient (Wildman–Crippen LogP) is 2.19. The number of benzene rings is 1. The van der Waals surface area contributed by atoms with Crippen molar-refractivity contribution in [2.75, 3.05) is 6.61 Å². The van der Waals surface area contributed by atoms with E-state index in [9.17, 15) is 0 Å². The number of aromatic nitrogens is 2. The minimum atomic E-state index is 0.714. The molecule has 0 unspecified atom stereocenters. The highest BCUT2D eigenvalue weighted by molar-refractivity contribution is 9.10. The molecule has 1 aliphatic rings. The Kier molecular flexibility index (Phi) is 1.41. The third-order valence-corrected chi connectivity index (χ3v) is 2.96. The van der Waals surface area contributed by atoms with Crippen LogP contribution in [0, 0.1) is 0 Å². The van der Waals surface area contributed by atoms with Crippen molar-refractivity contribution >= 4 is 26.8 Å². The molecule has 1 aliphatic heterocycles. The monoisotopic (exact) mass is 238 g/mol. The van der Waals surface area contributed by atoms with Gasteiger partial charge in [0.25, 0.3) is 0 Å². The van der Waals surface area contributed by atoms with Gasteiger partial charge in [0, 0.05) is 9.86 Å². The molecular formula is C9H7BrN2O. The topological polar surface area (TPSA) is 27.1 Å². The van der Waals surface area contributed by atoms with Crippen LogP contribution in [0.2, 0.25) is 0 Å². The van der Waals surface area contributed by atoms with Crippen molar-refractivity contribution in [2.24, 2.45) is 0 Å². The second-order valence-electron chi connectivity index (χ2n) is 3.02. The van der Waals surface area contributed by atoms with Gasteiger partial charge in [-0.15, -0.1) is 0 Å². The number of nitrogens with zero attached hydrogens (tertiary/aromatic N) is 2. The highest BCUT2D eigenvalue weighted by Gasteiger charge is 2.15. The van der Waals surface area contributed by atoms with Gasteiger partial charge < -0.3 is 4.74 Å². The van der Waals surface area contributed by atoms with E-state index in [0.29, 0.717) is 6.61 Å². The summed E-state index contributed by atoms with van der Waals surface area (Å²) < 4.78 is 8.58. The molecule has 4 heteroatoms. The highest BCUT2D eigenvalue weighted by Crippen LogP contribution is 2.33. The molecule has 2 aromatic rings. The Hall–Kier alpha value is -1.03. The SMILES string of the molecule is Brc1ccc2c3c1cnn3CCO2. The molecule has 0 aliphatic carbocycles. The molecular weight excluding hydrogens is 232 g/mol. The molecule has 0 fully saturated rings. The smallest absolute Gasteiger partial charge is 0.145 e. The highest BCUT2D eigenvalue weighted by atomic mass is 79.9. The minimum Gasteiger partial charge on any atom is -0.489 e. The van der Waals surface area contributed by atoms with Gasteiger partial charge in [0.2, 0.25) is 0 Å². The van der Waals surface area contributed by atoms with E-state index in [-0.39, 0.29) is 0 Å². The Bertz CT molecular complexity index is 478. The van der Waals surface area contributed by atoms with Crippen molar-refractivity contribution in [2.45, 2.75) is 6.54 Å². The first-order valence-corrected chi connectivity index (χ1v) is 4.92. The molecule has 0 saturated heterocycles. The summed E-state index contributed by atoms with van der Waals surface area (Å²) in [7, 11) is 0. The molecule has 0 spiro atoms. The molecule has 0 radical (unpaired) electrons. The van der Waals surface area contributed by atoms with Crippen LogP contribution in [0.3, 0.4) is 0 Å². The largest absolute Gasteiger partial charge is 0.489 e. The van der Waals surface area contributed by atoms with Crippen LogP contribution < -0.4 is 4.74 Å². The van der Waals surface area contributed by atoms with Crippen LogP contribution in [0.5, 0.6) is 5.75 Å². The van der Waals surface area contributed by atoms with Crippen LogP contribution in [0.25, 0.3) is 10.9 Å². The third kappa shape index (κ3) is 0.920. The molecule has 1 aromatic heterocycles. The number of ether oxygens (including phenoxy) is 1. The van der Waals surface area contributed by atoms with Gasteiger partial charge in [-0.3, -0.25) is 4.68 Å². The summed E-state index contributed by atoms with van der Waals surface area (Å²) in [6.45, 7) is 1.55. The first-order valence-electron chi connectivity index (χ1n) is 4.13. The Morgan fingerprint density at radius 1 is 1.46 bits per heavy atom. The van der Waals surface area contributed by atoms with Gasteiger partial charge in [0.05, 0.1) is 12.7 Å². The zero-order valence-corrected chi connectivity index (χ0v) is 8.41. The van der Waals surface area contributed by atoms with Crippen molar-refractivity contribution in [3.8, 4) is 5.75 Å². The van der Waals surface area contributed by atoms with Crippen molar-refractivity contribution in [1.29, 1.82) is 0 Å². The fourth-order valence-electron chi connectivity index (χ4n) is 1.67. The van der Waals surface area contributed by atoms with Crippen molar-refractivity contribution in [3.63, 3.8) is 0 Å². The third-order valence-electron chi connectivity index (χ3n) is 2.27. The lowest BCUT2D eigenvalue weighted by Gasteiger charge is -2.15. The maximum Gasteiger partial charge on any atom is 0.145 e. The van der Waals surface area contributed by atoms with Crippen molar-refractivity contribution in [3.05, 3.63) is 22.8 Å². The summed E-state index contributed by atoms with van der Waals surface area (Å²) >= 11 is 3.49. The molecule has 2 heterocycles. The van der Waals surface area contributed by atoms with Crippen LogP contribution >= 0.6 is 15.9 Å². The maximum atomic E-state index is 5.53. The average Bonchev–Trinajstić information content (AvgIpc) is 2.57. The average molecular weight is 239 g/mol. The molecule has 0 N–H and O–H groups in total. The number of hydrogen-bond donors (Lipinski definition) is 0. The Morgan fingerprint density at radius 2 is 2.38 bits per heavy atom. The van der Waals surface area contributed by atoms with Gasteiger partial charge in [-0.05, 0) is 12.1 Å². The molecule has 1 aromatic carbocycles. The van der Waals surface area contributed by atoms with E-state index in [2.05, 4.69) is 21.0 Å². The van der Waals surface area contributed by atoms with Crippen molar-refractivity contribution < 1.29 is 4.74 Å². The summed E-state index contributed by atoms with van der Waals surface area (Å²) in [6, 6.07) is 3.97. The van der Waals surface area contributed by atoms with E-state index in [1.807, 2.05) is 23.0 Å². The molecule has 0 amide bonds. The Balaban J connectivity index is 2.50. The maximum absolute atomic E-state index is 5.53. The number of halogens is 1. The Morgan fingerprint density at radius 3 is 3.31 bits per heavy atom. The van der Waals surface area contributed by atoms with E-state index in [1.54, 1.807) is 0 Å². The van der Waals surface area contributed by atoms with Gasteiger partial charge >= 0.3 is 0 Å². The number of rotatable bonds is 0. The molecule has 0 atom stereocenters. The fourth-order valence-corrected chi connectivity index (χ4v) is 2.09. The van der Waals surface area contributed by atoms with Gasteiger partial charge in [0.15, 0.2) is 0 Å². The second-order valence-corrected chi connectivity index (χ2v) is 3.88. The first kappa shape index (κ1) is 7.38. The lowest BCUT2D eigenvalue weighted by molar-refractivity contribution is 0.278. The van der Waals surface area contributed by atoms with Crippen LogP contribution in [0.4, 0.5) is 0 Å². The van der Waals surface area contributed by atoms with Gasteiger partial charge in [0.1, 0.15) is 17.9 Å². The van der Waals surface area contributed by atoms with E-state index >= 15 is 0 Å². The van der Waals surface area contributed by atoms with Gasteiger partial charge in [-0.1, -0.05) is 15.9 Å². The van der Waals surface area contributed by atoms with E-state index in [1.165, 1.54) is 0 Å². The zero-order chi connectivity index (χ0) is 8.84. The lowest BCUT2D eigenvalue weighted by atomic mass is 10.2. The molecule has 3 nitrogen and oxygen atoms in total. The van der Waals surface area contributed by atoms with Crippen LogP contribution in [0.1, 0.15) is 0 Å². The lowest BCUT2D eigenvalue weighted by Crippen LogP contribution is -2.14. The summed E-state index contributed by atoms with van der Waals surface area (Å²) in [5, 5.41) is 5.42. The predicted molar refractivity (Wildman–Crippen MR) is 52.9 cm³/mol. The van der Waals surface area contributed by atoms with Gasteiger partial charge in [-0.2, -0.15) is 5.10 Å². The van der Waals surface area contributed by atoms with E-state index in [0.717, 1.165) is 27.7 Å².